The van der Waals surface area contributed by atoms with Crippen LogP contribution in [0.5, 0.6) is 5.75 Å². The summed E-state index contributed by atoms with van der Waals surface area (Å²) in [5.74, 6) is -0.584. The van der Waals surface area contributed by atoms with Crippen LogP contribution in [0.2, 0.25) is 5.02 Å². The van der Waals surface area contributed by atoms with Gasteiger partial charge in [0.2, 0.25) is 0 Å². The van der Waals surface area contributed by atoms with E-state index in [0.29, 0.717) is 0 Å². The molecular weight excluding hydrogens is 235 g/mol. The lowest BCUT2D eigenvalue weighted by Crippen LogP contribution is -2.17. The van der Waals surface area contributed by atoms with Gasteiger partial charge in [-0.1, -0.05) is 11.6 Å². The highest BCUT2D eigenvalue weighted by Gasteiger charge is 2.32. The maximum Gasteiger partial charge on any atom is 0.573 e. The van der Waals surface area contributed by atoms with Gasteiger partial charge in [0.25, 0.3) is 0 Å². The molecule has 0 bridgehead atoms. The molecule has 0 spiro atoms. The number of hydrogen-bond donors (Lipinski definition) is 2. The van der Waals surface area contributed by atoms with Crippen LogP contribution in [0.25, 0.3) is 0 Å². The normalized spacial score (nSPS) is 11.5. The lowest BCUT2D eigenvalue weighted by Gasteiger charge is -2.12. The largest absolute Gasteiger partial charge is 0.573 e. The second-order valence-electron chi connectivity index (χ2n) is 2.69. The number of aliphatic hydroxyl groups is 1. The molecule has 1 aromatic carbocycles. The van der Waals surface area contributed by atoms with Gasteiger partial charge in [-0.3, -0.25) is 0 Å². The molecule has 84 valence electrons. The van der Waals surface area contributed by atoms with Crippen molar-refractivity contribution in [2.24, 2.45) is 0 Å². The van der Waals surface area contributed by atoms with Crippen molar-refractivity contribution in [2.45, 2.75) is 13.0 Å². The van der Waals surface area contributed by atoms with Crippen molar-refractivity contribution in [1.29, 1.82) is 0 Å². The summed E-state index contributed by atoms with van der Waals surface area (Å²) in [4.78, 5) is 0. The van der Waals surface area contributed by atoms with Crippen LogP contribution in [-0.4, -0.2) is 11.5 Å². The van der Waals surface area contributed by atoms with E-state index in [4.69, 9.17) is 22.4 Å². The Morgan fingerprint density at radius 3 is 2.47 bits per heavy atom. The molecule has 0 heterocycles. The molecule has 0 aliphatic carbocycles. The van der Waals surface area contributed by atoms with Gasteiger partial charge in [0.15, 0.2) is 0 Å². The zero-order valence-electron chi connectivity index (χ0n) is 7.31. The molecule has 0 aromatic heterocycles. The van der Waals surface area contributed by atoms with Crippen molar-refractivity contribution in [2.75, 3.05) is 5.73 Å². The highest BCUT2D eigenvalue weighted by molar-refractivity contribution is 6.32. The van der Waals surface area contributed by atoms with E-state index in [1.807, 2.05) is 0 Å². The maximum atomic E-state index is 11.9. The fourth-order valence-corrected chi connectivity index (χ4v) is 1.17. The first-order valence-corrected chi connectivity index (χ1v) is 4.16. The second kappa shape index (κ2) is 4.16. The smallest absolute Gasteiger partial charge is 0.404 e. The SMILES string of the molecule is Nc1cc(OC(F)(F)F)c(Cl)cc1CO. The third-order valence-corrected chi connectivity index (χ3v) is 1.89. The zero-order valence-corrected chi connectivity index (χ0v) is 8.06. The van der Waals surface area contributed by atoms with Gasteiger partial charge in [0.1, 0.15) is 5.75 Å². The monoisotopic (exact) mass is 241 g/mol. The first kappa shape index (κ1) is 11.9. The molecular formula is C8H7ClF3NO2. The molecule has 3 nitrogen and oxygen atoms in total. The Morgan fingerprint density at radius 2 is 2.00 bits per heavy atom. The fourth-order valence-electron chi connectivity index (χ4n) is 0.950. The Hall–Kier alpha value is -1.14. The van der Waals surface area contributed by atoms with E-state index in [-0.39, 0.29) is 16.3 Å². The van der Waals surface area contributed by atoms with Gasteiger partial charge in [-0.15, -0.1) is 13.2 Å². The minimum absolute atomic E-state index is 0.0128. The minimum Gasteiger partial charge on any atom is -0.404 e. The van der Waals surface area contributed by atoms with Crippen LogP contribution in [0.3, 0.4) is 0 Å². The summed E-state index contributed by atoms with van der Waals surface area (Å²) in [5.41, 5.74) is 5.59. The number of ether oxygens (including phenoxy) is 1. The Kier molecular flexibility index (Phi) is 3.31. The third kappa shape index (κ3) is 3.17. The van der Waals surface area contributed by atoms with Crippen LogP contribution in [0.15, 0.2) is 12.1 Å². The molecule has 3 N–H and O–H groups in total. The van der Waals surface area contributed by atoms with Crippen LogP contribution in [0, 0.1) is 0 Å². The predicted molar refractivity (Wildman–Crippen MR) is 48.5 cm³/mol. The molecule has 0 atom stereocenters. The van der Waals surface area contributed by atoms with Crippen LogP contribution in [0.1, 0.15) is 5.56 Å². The Morgan fingerprint density at radius 1 is 1.40 bits per heavy atom. The van der Waals surface area contributed by atoms with Crippen molar-refractivity contribution in [3.05, 3.63) is 22.7 Å². The topological polar surface area (TPSA) is 55.5 Å². The number of nitrogens with two attached hydrogens (primary N) is 1. The molecule has 0 aliphatic heterocycles. The summed E-state index contributed by atoms with van der Waals surface area (Å²) in [6, 6.07) is 2.04. The number of alkyl halides is 3. The lowest BCUT2D eigenvalue weighted by molar-refractivity contribution is -0.274. The van der Waals surface area contributed by atoms with E-state index in [1.165, 1.54) is 0 Å². The second-order valence-corrected chi connectivity index (χ2v) is 3.09. The van der Waals surface area contributed by atoms with Gasteiger partial charge in [-0.2, -0.15) is 0 Å². The minimum atomic E-state index is -4.82. The van der Waals surface area contributed by atoms with Gasteiger partial charge in [0.05, 0.1) is 11.6 Å². The number of halogens is 4. The van der Waals surface area contributed by atoms with Crippen molar-refractivity contribution in [3.63, 3.8) is 0 Å². The third-order valence-electron chi connectivity index (χ3n) is 1.59. The molecule has 0 amide bonds. The van der Waals surface area contributed by atoms with E-state index >= 15 is 0 Å². The van der Waals surface area contributed by atoms with Crippen LogP contribution < -0.4 is 10.5 Å². The summed E-state index contributed by atoms with van der Waals surface area (Å²) >= 11 is 5.49. The summed E-state index contributed by atoms with van der Waals surface area (Å²) in [5, 5.41) is 8.51. The summed E-state index contributed by atoms with van der Waals surface area (Å²) in [7, 11) is 0. The summed E-state index contributed by atoms with van der Waals surface area (Å²) < 4.78 is 39.2. The molecule has 0 unspecified atom stereocenters. The number of benzene rings is 1. The van der Waals surface area contributed by atoms with Crippen molar-refractivity contribution >= 4 is 17.3 Å². The molecule has 0 saturated carbocycles. The molecule has 1 rings (SSSR count). The molecule has 7 heteroatoms. The van der Waals surface area contributed by atoms with Crippen molar-refractivity contribution in [1.82, 2.24) is 0 Å². The molecule has 0 saturated heterocycles. The fraction of sp³-hybridized carbons (Fsp3) is 0.250. The van der Waals surface area contributed by atoms with Gasteiger partial charge in [0, 0.05) is 17.3 Å². The number of hydrogen-bond acceptors (Lipinski definition) is 3. The molecule has 0 aliphatic rings. The number of rotatable bonds is 2. The Balaban J connectivity index is 3.05. The van der Waals surface area contributed by atoms with E-state index in [1.54, 1.807) is 0 Å². The molecule has 0 radical (unpaired) electrons. The van der Waals surface area contributed by atoms with Gasteiger partial charge < -0.3 is 15.6 Å². The average Bonchev–Trinajstić information content (AvgIpc) is 2.08. The van der Waals surface area contributed by atoms with Crippen LogP contribution in [0.4, 0.5) is 18.9 Å². The predicted octanol–water partition coefficient (Wildman–Crippen LogP) is 2.31. The highest BCUT2D eigenvalue weighted by atomic mass is 35.5. The van der Waals surface area contributed by atoms with E-state index in [2.05, 4.69) is 4.74 Å². The summed E-state index contributed by atoms with van der Waals surface area (Å²) in [6.45, 7) is -0.405. The molecule has 0 fully saturated rings. The first-order chi connectivity index (χ1) is 6.83. The maximum absolute atomic E-state index is 11.9. The van der Waals surface area contributed by atoms with Gasteiger partial charge in [-0.25, -0.2) is 0 Å². The van der Waals surface area contributed by atoms with E-state index < -0.39 is 18.7 Å². The Bertz CT molecular complexity index is 368. The lowest BCUT2D eigenvalue weighted by atomic mass is 10.2. The Labute approximate surface area is 88.2 Å². The van der Waals surface area contributed by atoms with Gasteiger partial charge >= 0.3 is 6.36 Å². The first-order valence-electron chi connectivity index (χ1n) is 3.78. The van der Waals surface area contributed by atoms with E-state index in [9.17, 15) is 13.2 Å². The zero-order chi connectivity index (χ0) is 11.6. The van der Waals surface area contributed by atoms with Crippen molar-refractivity contribution in [3.8, 4) is 5.75 Å². The van der Waals surface area contributed by atoms with Gasteiger partial charge in [-0.05, 0) is 6.07 Å². The van der Waals surface area contributed by atoms with Crippen LogP contribution >= 0.6 is 11.6 Å². The number of nitrogen functional groups attached to an aromatic ring is 1. The molecule has 1 aromatic rings. The molecule has 15 heavy (non-hydrogen) atoms. The summed E-state index contributed by atoms with van der Waals surface area (Å²) in [6.07, 6.45) is -4.82. The average molecular weight is 242 g/mol. The number of anilines is 1. The quantitative estimate of drug-likeness (QED) is 0.782. The van der Waals surface area contributed by atoms with Crippen molar-refractivity contribution < 1.29 is 23.0 Å². The van der Waals surface area contributed by atoms with Crippen LogP contribution in [-0.2, 0) is 6.61 Å². The highest BCUT2D eigenvalue weighted by Crippen LogP contribution is 2.33. The standard InChI is InChI=1S/C8H7ClF3NO2/c9-5-1-4(3-14)6(13)2-7(5)15-8(10,11)12/h1-2,14H,3,13H2. The van der Waals surface area contributed by atoms with E-state index in [0.717, 1.165) is 12.1 Å². The number of aliphatic hydroxyl groups excluding tert-OH is 1.